The number of hydrogen-bond acceptors (Lipinski definition) is 3. The Morgan fingerprint density at radius 1 is 0.963 bits per heavy atom. The first-order valence-corrected chi connectivity index (χ1v) is 9.83. The van der Waals surface area contributed by atoms with Crippen molar-refractivity contribution in [1.82, 2.24) is 15.1 Å². The first kappa shape index (κ1) is 19.7. The summed E-state index contributed by atoms with van der Waals surface area (Å²) in [5.41, 5.74) is 3.15. The molecule has 1 aliphatic rings. The first-order valence-electron chi connectivity index (χ1n) is 9.46. The summed E-state index contributed by atoms with van der Waals surface area (Å²) in [7, 11) is 0. The average Bonchev–Trinajstić information content (AvgIpc) is 2.70. The summed E-state index contributed by atoms with van der Waals surface area (Å²) in [5.74, 6) is 0. The fourth-order valence-corrected chi connectivity index (χ4v) is 3.40. The molecule has 2 amide bonds. The van der Waals surface area contributed by atoms with Crippen LogP contribution in [0.1, 0.15) is 18.1 Å². The molecule has 0 atom stereocenters. The van der Waals surface area contributed by atoms with Gasteiger partial charge in [-0.3, -0.25) is 4.90 Å². The van der Waals surface area contributed by atoms with Crippen LogP contribution in [-0.2, 0) is 13.1 Å². The van der Waals surface area contributed by atoms with Crippen LogP contribution >= 0.6 is 11.6 Å². The van der Waals surface area contributed by atoms with E-state index in [1.807, 2.05) is 6.07 Å². The average molecular weight is 387 g/mol. The molecule has 0 unspecified atom stereocenters. The van der Waals surface area contributed by atoms with E-state index in [1.54, 1.807) is 24.3 Å². The Bertz CT molecular complexity index is 742. The molecule has 0 radical (unpaired) electrons. The quantitative estimate of drug-likeness (QED) is 0.793. The molecule has 6 heteroatoms. The standard InChI is InChI=1S/C21H27ClN4O/c1-2-25-11-13-26(14-12-25)16-18-6-4-3-5-17(18)15-23-21(27)24-20-9-7-19(22)8-10-20/h3-10H,2,11-16H2,1H3,(H2,23,24,27). The Balaban J connectivity index is 1.53. The summed E-state index contributed by atoms with van der Waals surface area (Å²) in [6, 6.07) is 15.2. The SMILES string of the molecule is CCN1CCN(Cc2ccccc2CNC(=O)Nc2ccc(Cl)cc2)CC1. The highest BCUT2D eigenvalue weighted by Crippen LogP contribution is 2.15. The predicted octanol–water partition coefficient (Wildman–Crippen LogP) is 3.80. The molecule has 3 rings (SSSR count). The molecular weight excluding hydrogens is 360 g/mol. The van der Waals surface area contributed by atoms with Crippen LogP contribution in [0.25, 0.3) is 0 Å². The fourth-order valence-electron chi connectivity index (χ4n) is 3.27. The smallest absolute Gasteiger partial charge is 0.319 e. The third-order valence-corrected chi connectivity index (χ3v) is 5.22. The van der Waals surface area contributed by atoms with E-state index in [4.69, 9.17) is 11.6 Å². The minimum atomic E-state index is -0.219. The second-order valence-electron chi connectivity index (χ2n) is 6.79. The molecular formula is C21H27ClN4O. The summed E-state index contributed by atoms with van der Waals surface area (Å²) in [6.07, 6.45) is 0. The number of nitrogens with zero attached hydrogens (tertiary/aromatic N) is 2. The number of nitrogens with one attached hydrogen (secondary N) is 2. The van der Waals surface area contributed by atoms with Gasteiger partial charge in [0, 0.05) is 50.0 Å². The van der Waals surface area contributed by atoms with Gasteiger partial charge in [-0.2, -0.15) is 0 Å². The fraction of sp³-hybridized carbons (Fsp3) is 0.381. The number of anilines is 1. The van der Waals surface area contributed by atoms with Gasteiger partial charge in [-0.25, -0.2) is 4.79 Å². The van der Waals surface area contributed by atoms with Crippen LogP contribution in [0.5, 0.6) is 0 Å². The Morgan fingerprint density at radius 2 is 1.59 bits per heavy atom. The summed E-state index contributed by atoms with van der Waals surface area (Å²) in [6.45, 7) is 9.20. The molecule has 27 heavy (non-hydrogen) atoms. The maximum absolute atomic E-state index is 12.2. The monoisotopic (exact) mass is 386 g/mol. The van der Waals surface area contributed by atoms with Gasteiger partial charge in [-0.1, -0.05) is 42.8 Å². The van der Waals surface area contributed by atoms with E-state index in [0.29, 0.717) is 11.6 Å². The molecule has 2 N–H and O–H groups in total. The van der Waals surface area contributed by atoms with E-state index in [2.05, 4.69) is 45.6 Å². The van der Waals surface area contributed by atoms with Crippen molar-refractivity contribution in [2.75, 3.05) is 38.0 Å². The van der Waals surface area contributed by atoms with Crippen molar-refractivity contribution >= 4 is 23.3 Å². The molecule has 0 bridgehead atoms. The van der Waals surface area contributed by atoms with Gasteiger partial charge in [0.05, 0.1) is 0 Å². The Morgan fingerprint density at radius 3 is 2.26 bits per heavy atom. The van der Waals surface area contributed by atoms with Crippen molar-refractivity contribution in [3.63, 3.8) is 0 Å². The third kappa shape index (κ3) is 5.96. The molecule has 2 aromatic rings. The molecule has 0 aromatic heterocycles. The Labute approximate surface area is 166 Å². The number of amides is 2. The van der Waals surface area contributed by atoms with Crippen molar-refractivity contribution in [1.29, 1.82) is 0 Å². The lowest BCUT2D eigenvalue weighted by atomic mass is 10.1. The zero-order chi connectivity index (χ0) is 19.1. The topological polar surface area (TPSA) is 47.6 Å². The largest absolute Gasteiger partial charge is 0.334 e. The Hall–Kier alpha value is -2.08. The maximum atomic E-state index is 12.2. The van der Waals surface area contributed by atoms with Crippen LogP contribution in [0, 0.1) is 0 Å². The number of carbonyl (C=O) groups excluding carboxylic acids is 1. The number of halogens is 1. The van der Waals surface area contributed by atoms with Crippen LogP contribution in [0.3, 0.4) is 0 Å². The summed E-state index contributed by atoms with van der Waals surface area (Å²) in [4.78, 5) is 17.1. The molecule has 1 saturated heterocycles. The van der Waals surface area contributed by atoms with Gasteiger partial charge in [0.25, 0.3) is 0 Å². The highest BCUT2D eigenvalue weighted by molar-refractivity contribution is 6.30. The molecule has 0 saturated carbocycles. The van der Waals surface area contributed by atoms with Gasteiger partial charge in [-0.15, -0.1) is 0 Å². The molecule has 1 heterocycles. The minimum absolute atomic E-state index is 0.219. The third-order valence-electron chi connectivity index (χ3n) is 4.97. The molecule has 2 aromatic carbocycles. The summed E-state index contributed by atoms with van der Waals surface area (Å²) in [5, 5.41) is 6.42. The molecule has 1 aliphatic heterocycles. The summed E-state index contributed by atoms with van der Waals surface area (Å²) >= 11 is 5.87. The molecule has 1 fully saturated rings. The minimum Gasteiger partial charge on any atom is -0.334 e. The van der Waals surface area contributed by atoms with E-state index >= 15 is 0 Å². The van der Waals surface area contributed by atoms with E-state index in [-0.39, 0.29) is 6.03 Å². The van der Waals surface area contributed by atoms with Crippen molar-refractivity contribution in [3.8, 4) is 0 Å². The number of hydrogen-bond donors (Lipinski definition) is 2. The van der Waals surface area contributed by atoms with Gasteiger partial charge < -0.3 is 15.5 Å². The zero-order valence-corrected chi connectivity index (χ0v) is 16.5. The number of rotatable bonds is 6. The maximum Gasteiger partial charge on any atom is 0.319 e. The first-order chi connectivity index (χ1) is 13.1. The van der Waals surface area contributed by atoms with E-state index in [0.717, 1.165) is 50.5 Å². The lowest BCUT2D eigenvalue weighted by Crippen LogP contribution is -2.45. The highest BCUT2D eigenvalue weighted by atomic mass is 35.5. The lowest BCUT2D eigenvalue weighted by Gasteiger charge is -2.34. The molecule has 0 aliphatic carbocycles. The van der Waals surface area contributed by atoms with Crippen molar-refractivity contribution in [3.05, 3.63) is 64.7 Å². The van der Waals surface area contributed by atoms with E-state index in [1.165, 1.54) is 5.56 Å². The van der Waals surface area contributed by atoms with Crippen molar-refractivity contribution in [2.45, 2.75) is 20.0 Å². The van der Waals surface area contributed by atoms with E-state index < -0.39 is 0 Å². The normalized spacial score (nSPS) is 15.5. The van der Waals surface area contributed by atoms with Gasteiger partial charge in [0.1, 0.15) is 0 Å². The number of benzene rings is 2. The van der Waals surface area contributed by atoms with Crippen LogP contribution in [0.4, 0.5) is 10.5 Å². The molecule has 0 spiro atoms. The highest BCUT2D eigenvalue weighted by Gasteiger charge is 2.16. The summed E-state index contributed by atoms with van der Waals surface area (Å²) < 4.78 is 0. The van der Waals surface area contributed by atoms with Gasteiger partial charge in [0.15, 0.2) is 0 Å². The molecule has 5 nitrogen and oxygen atoms in total. The van der Waals surface area contributed by atoms with Gasteiger partial charge >= 0.3 is 6.03 Å². The van der Waals surface area contributed by atoms with E-state index in [9.17, 15) is 4.79 Å². The zero-order valence-electron chi connectivity index (χ0n) is 15.7. The number of piperazine rings is 1. The number of carbonyl (C=O) groups is 1. The predicted molar refractivity (Wildman–Crippen MR) is 111 cm³/mol. The second kappa shape index (κ2) is 9.74. The van der Waals surface area contributed by atoms with Gasteiger partial charge in [0.2, 0.25) is 0 Å². The number of urea groups is 1. The van der Waals surface area contributed by atoms with Gasteiger partial charge in [-0.05, 0) is 41.9 Å². The second-order valence-corrected chi connectivity index (χ2v) is 7.23. The van der Waals surface area contributed by atoms with Crippen LogP contribution < -0.4 is 10.6 Å². The number of likely N-dealkylation sites (N-methyl/N-ethyl adjacent to an activating group) is 1. The van der Waals surface area contributed by atoms with Crippen molar-refractivity contribution in [2.24, 2.45) is 0 Å². The lowest BCUT2D eigenvalue weighted by molar-refractivity contribution is 0.131. The van der Waals surface area contributed by atoms with Crippen LogP contribution in [-0.4, -0.2) is 48.6 Å². The molecule has 144 valence electrons. The van der Waals surface area contributed by atoms with Crippen LogP contribution in [0.15, 0.2) is 48.5 Å². The van der Waals surface area contributed by atoms with Crippen LogP contribution in [0.2, 0.25) is 5.02 Å². The Kier molecular flexibility index (Phi) is 7.10. The van der Waals surface area contributed by atoms with Crippen molar-refractivity contribution < 1.29 is 4.79 Å².